The maximum Gasteiger partial charge on any atom is 0.290 e. The largest absolute Gasteiger partial charge is 0.438 e. The third-order valence-corrected chi connectivity index (χ3v) is 6.22. The van der Waals surface area contributed by atoms with Crippen LogP contribution >= 0.6 is 11.6 Å². The first-order valence-corrected chi connectivity index (χ1v) is 11.8. The lowest BCUT2D eigenvalue weighted by molar-refractivity contribution is 0.0634. The van der Waals surface area contributed by atoms with Gasteiger partial charge >= 0.3 is 0 Å². The van der Waals surface area contributed by atoms with E-state index in [0.29, 0.717) is 10.6 Å². The van der Waals surface area contributed by atoms with Crippen molar-refractivity contribution in [2.24, 2.45) is 0 Å². The molecule has 0 saturated carbocycles. The third-order valence-electron chi connectivity index (χ3n) is 4.26. The first-order valence-electron chi connectivity index (χ1n) is 9.89. The number of nitrogens with zero attached hydrogens (tertiary/aromatic N) is 3. The summed E-state index contributed by atoms with van der Waals surface area (Å²) in [5.41, 5.74) is -0.112. The lowest BCUT2D eigenvalue weighted by atomic mass is 10.1. The molecule has 1 amide bonds. The van der Waals surface area contributed by atoms with E-state index in [4.69, 9.17) is 20.4 Å². The first-order chi connectivity index (χ1) is 14.9. The Morgan fingerprint density at radius 2 is 1.81 bits per heavy atom. The van der Waals surface area contributed by atoms with Crippen LogP contribution in [-0.2, 0) is 16.6 Å². The monoisotopic (exact) mass is 480 g/mol. The van der Waals surface area contributed by atoms with Gasteiger partial charge in [-0.2, -0.15) is 0 Å². The molecule has 3 rings (SSSR count). The summed E-state index contributed by atoms with van der Waals surface area (Å²) in [7, 11) is -3.91. The van der Waals surface area contributed by atoms with Gasteiger partial charge in [0.05, 0.1) is 17.1 Å². The van der Waals surface area contributed by atoms with Crippen LogP contribution in [-0.4, -0.2) is 41.0 Å². The van der Waals surface area contributed by atoms with Crippen molar-refractivity contribution in [3.8, 4) is 11.5 Å². The van der Waals surface area contributed by atoms with Crippen LogP contribution < -0.4 is 4.72 Å². The van der Waals surface area contributed by atoms with E-state index in [2.05, 4.69) is 14.9 Å². The molecule has 2 heterocycles. The highest BCUT2D eigenvalue weighted by Gasteiger charge is 2.29. The minimum atomic E-state index is -3.91. The van der Waals surface area contributed by atoms with Crippen LogP contribution in [0.4, 0.5) is 0 Å². The molecule has 0 fully saturated rings. The van der Waals surface area contributed by atoms with Crippen LogP contribution in [0.1, 0.15) is 51.1 Å². The van der Waals surface area contributed by atoms with Gasteiger partial charge in [0.15, 0.2) is 5.76 Å². The molecule has 0 bridgehead atoms. The summed E-state index contributed by atoms with van der Waals surface area (Å²) in [5, 5.41) is 8.15. The Morgan fingerprint density at radius 1 is 1.12 bits per heavy atom. The predicted molar refractivity (Wildman–Crippen MR) is 119 cm³/mol. The molecule has 1 aromatic carbocycles. The number of hydrogen-bond acceptors (Lipinski definition) is 7. The second kappa shape index (κ2) is 9.05. The number of furan rings is 1. The van der Waals surface area contributed by atoms with E-state index >= 15 is 0 Å². The Hall–Kier alpha value is -2.69. The lowest BCUT2D eigenvalue weighted by Gasteiger charge is -2.24. The molecular weight excluding hydrogens is 456 g/mol. The highest BCUT2D eigenvalue weighted by Crippen LogP contribution is 2.27. The number of benzene rings is 1. The van der Waals surface area contributed by atoms with Crippen molar-refractivity contribution in [2.45, 2.75) is 57.8 Å². The van der Waals surface area contributed by atoms with Crippen LogP contribution in [0.15, 0.2) is 50.3 Å². The number of sulfonamides is 1. The van der Waals surface area contributed by atoms with E-state index in [9.17, 15) is 13.2 Å². The lowest BCUT2D eigenvalue weighted by Crippen LogP contribution is -2.40. The van der Waals surface area contributed by atoms with Gasteiger partial charge in [-0.3, -0.25) is 4.79 Å². The van der Waals surface area contributed by atoms with Crippen LogP contribution in [0.25, 0.3) is 11.5 Å². The molecule has 9 nitrogen and oxygen atoms in total. The third kappa shape index (κ3) is 5.56. The van der Waals surface area contributed by atoms with Crippen molar-refractivity contribution < 1.29 is 22.0 Å². The Balaban J connectivity index is 1.81. The molecule has 0 atom stereocenters. The van der Waals surface area contributed by atoms with Gasteiger partial charge in [0.2, 0.25) is 16.9 Å². The number of aromatic nitrogens is 2. The van der Waals surface area contributed by atoms with E-state index in [1.165, 1.54) is 17.0 Å². The Bertz CT molecular complexity index is 1210. The van der Waals surface area contributed by atoms with Crippen LogP contribution in [0.3, 0.4) is 0 Å². The van der Waals surface area contributed by atoms with E-state index in [0.717, 1.165) is 0 Å². The number of rotatable bonds is 7. The summed E-state index contributed by atoms with van der Waals surface area (Å²) in [6.07, 6.45) is 0. The number of nitrogens with one attached hydrogen (secondary N) is 1. The van der Waals surface area contributed by atoms with E-state index in [1.807, 2.05) is 13.8 Å². The normalized spacial score (nSPS) is 12.3. The maximum absolute atomic E-state index is 13.1. The maximum atomic E-state index is 13.1. The molecule has 0 saturated heterocycles. The zero-order valence-corrected chi connectivity index (χ0v) is 20.0. The average molecular weight is 481 g/mol. The predicted octanol–water partition coefficient (Wildman–Crippen LogP) is 4.11. The Labute approximate surface area is 191 Å². The van der Waals surface area contributed by atoms with E-state index in [-0.39, 0.29) is 35.2 Å². The molecule has 0 spiro atoms. The molecule has 2 aromatic heterocycles. The second-order valence-corrected chi connectivity index (χ2v) is 10.5. The van der Waals surface area contributed by atoms with Crippen molar-refractivity contribution in [3.63, 3.8) is 0 Å². The highest BCUT2D eigenvalue weighted by atomic mass is 35.5. The number of carbonyl (C=O) groups is 1. The summed E-state index contributed by atoms with van der Waals surface area (Å²) in [5.74, 6) is -0.175. The van der Waals surface area contributed by atoms with Crippen molar-refractivity contribution in [1.29, 1.82) is 0 Å². The second-order valence-electron chi connectivity index (χ2n) is 8.48. The van der Waals surface area contributed by atoms with Gasteiger partial charge in [-0.25, -0.2) is 13.1 Å². The van der Waals surface area contributed by atoms with Crippen LogP contribution in [0, 0.1) is 0 Å². The standard InChI is InChI=1S/C21H25ClN4O5S/c1-13(2)26(12-17-23-24-19(31-17)14-8-6-7-9-15(14)22)20(27)16-10-11-18(30-16)32(28,29)25-21(3,4)5/h6-11,13,25H,12H2,1-5H3. The quantitative estimate of drug-likeness (QED) is 0.540. The number of halogens is 1. The fourth-order valence-corrected chi connectivity index (χ4v) is 4.44. The summed E-state index contributed by atoms with van der Waals surface area (Å²) in [6, 6.07) is 9.38. The summed E-state index contributed by atoms with van der Waals surface area (Å²) < 4.78 is 38.5. The molecule has 0 aliphatic carbocycles. The molecule has 172 valence electrons. The van der Waals surface area contributed by atoms with Crippen LogP contribution in [0.2, 0.25) is 5.02 Å². The number of amides is 1. The van der Waals surface area contributed by atoms with E-state index < -0.39 is 21.5 Å². The van der Waals surface area contributed by atoms with Gasteiger partial charge in [-0.15, -0.1) is 10.2 Å². The Morgan fingerprint density at radius 3 is 2.44 bits per heavy atom. The zero-order chi connectivity index (χ0) is 23.7. The van der Waals surface area contributed by atoms with Gasteiger partial charge in [-0.1, -0.05) is 23.7 Å². The molecule has 0 aliphatic heterocycles. The van der Waals surface area contributed by atoms with Crippen molar-refractivity contribution in [2.75, 3.05) is 0 Å². The topological polar surface area (TPSA) is 119 Å². The molecule has 0 radical (unpaired) electrons. The van der Waals surface area contributed by atoms with Crippen LogP contribution in [0.5, 0.6) is 0 Å². The Kier molecular flexibility index (Phi) is 6.77. The van der Waals surface area contributed by atoms with Gasteiger partial charge in [-0.05, 0) is 58.9 Å². The summed E-state index contributed by atoms with van der Waals surface area (Å²) >= 11 is 6.17. The minimum Gasteiger partial charge on any atom is -0.438 e. The molecular formula is C21H25ClN4O5S. The van der Waals surface area contributed by atoms with Crippen molar-refractivity contribution >= 4 is 27.5 Å². The van der Waals surface area contributed by atoms with Crippen molar-refractivity contribution in [1.82, 2.24) is 19.8 Å². The summed E-state index contributed by atoms with van der Waals surface area (Å²) in [6.45, 7) is 8.76. The molecule has 11 heteroatoms. The fourth-order valence-electron chi connectivity index (χ4n) is 2.87. The molecule has 0 unspecified atom stereocenters. The number of hydrogen-bond donors (Lipinski definition) is 1. The summed E-state index contributed by atoms with van der Waals surface area (Å²) in [4.78, 5) is 14.5. The zero-order valence-electron chi connectivity index (χ0n) is 18.4. The minimum absolute atomic E-state index is 0.0109. The average Bonchev–Trinajstić information content (AvgIpc) is 3.34. The van der Waals surface area contributed by atoms with Gasteiger partial charge in [0.1, 0.15) is 0 Å². The number of carbonyl (C=O) groups excluding carboxylic acids is 1. The molecule has 32 heavy (non-hydrogen) atoms. The SMILES string of the molecule is CC(C)N(Cc1nnc(-c2ccccc2Cl)o1)C(=O)c1ccc(S(=O)(=O)NC(C)(C)C)o1. The van der Waals surface area contributed by atoms with Gasteiger partial charge < -0.3 is 13.7 Å². The molecule has 0 aliphatic rings. The van der Waals surface area contributed by atoms with Gasteiger partial charge in [0, 0.05) is 11.6 Å². The smallest absolute Gasteiger partial charge is 0.290 e. The van der Waals surface area contributed by atoms with Gasteiger partial charge in [0.25, 0.3) is 15.9 Å². The molecule has 3 aromatic rings. The first kappa shape index (κ1) is 24.0. The highest BCUT2D eigenvalue weighted by molar-refractivity contribution is 7.89. The van der Waals surface area contributed by atoms with Crippen molar-refractivity contribution in [3.05, 3.63) is 53.1 Å². The fraction of sp³-hybridized carbons (Fsp3) is 0.381. The van der Waals surface area contributed by atoms with E-state index in [1.54, 1.807) is 45.0 Å². The molecule has 1 N–H and O–H groups in total.